The third kappa shape index (κ3) is 2.25. The fourth-order valence-corrected chi connectivity index (χ4v) is 9.14. The van der Waals surface area contributed by atoms with Crippen LogP contribution in [-0.4, -0.2) is 58.6 Å². The standard InChI is InChI=1S/C29H41NO4/c1-25(2,3)26(4,32)20-15-27-10-11-29(20,33-5)24-28(27)12-13-30(16-17-6-7-17)21(27)14-18-8-9-19(31)23(34-24)22(18)28/h8-9,17,20-21,24,31-32H,6-7,10-16H2,1-5H3/i6D2,16D2. The van der Waals surface area contributed by atoms with Crippen LogP contribution in [-0.2, 0) is 16.6 Å². The van der Waals surface area contributed by atoms with Crippen molar-refractivity contribution in [3.8, 4) is 11.5 Å². The number of hydrogen-bond acceptors (Lipinski definition) is 5. The Kier molecular flexibility index (Phi) is 3.36. The number of benzene rings is 1. The van der Waals surface area contributed by atoms with Crippen molar-refractivity contribution in [2.24, 2.45) is 22.7 Å². The van der Waals surface area contributed by atoms with Crippen LogP contribution in [0.1, 0.15) is 82.8 Å². The second-order valence-corrected chi connectivity index (χ2v) is 13.1. The van der Waals surface area contributed by atoms with Crippen LogP contribution in [0.5, 0.6) is 11.5 Å². The van der Waals surface area contributed by atoms with E-state index in [9.17, 15) is 13.0 Å². The van der Waals surface area contributed by atoms with Gasteiger partial charge in [0.05, 0.1) is 5.60 Å². The highest BCUT2D eigenvalue weighted by Crippen LogP contribution is 2.78. The minimum atomic E-state index is -1.77. The topological polar surface area (TPSA) is 62.2 Å². The molecule has 7 aliphatic rings. The van der Waals surface area contributed by atoms with Crippen molar-refractivity contribution in [1.29, 1.82) is 0 Å². The zero-order valence-corrected chi connectivity index (χ0v) is 21.1. The molecular weight excluding hydrogens is 426 g/mol. The molecule has 8 atom stereocenters. The van der Waals surface area contributed by atoms with E-state index < -0.39 is 52.3 Å². The number of fused-ring (bicyclic) bond motifs is 2. The lowest BCUT2D eigenvalue weighted by molar-refractivity contribution is -0.312. The Labute approximate surface area is 209 Å². The van der Waals surface area contributed by atoms with Gasteiger partial charge in [0, 0.05) is 47.4 Å². The molecule has 1 saturated heterocycles. The summed E-state index contributed by atoms with van der Waals surface area (Å²) >= 11 is 0. The molecule has 34 heavy (non-hydrogen) atoms. The Morgan fingerprint density at radius 3 is 2.71 bits per heavy atom. The van der Waals surface area contributed by atoms with Crippen molar-refractivity contribution in [3.05, 3.63) is 23.3 Å². The van der Waals surface area contributed by atoms with Gasteiger partial charge in [-0.1, -0.05) is 26.8 Å². The third-order valence-corrected chi connectivity index (χ3v) is 11.3. The fraction of sp³-hybridized carbons (Fsp3) is 0.793. The molecule has 0 aromatic heterocycles. The summed E-state index contributed by atoms with van der Waals surface area (Å²) in [6.45, 7) is 6.82. The van der Waals surface area contributed by atoms with E-state index in [0.29, 0.717) is 38.0 Å². The van der Waals surface area contributed by atoms with Crippen LogP contribution in [0.25, 0.3) is 0 Å². The van der Waals surface area contributed by atoms with E-state index in [2.05, 4.69) is 20.8 Å². The first-order valence-electron chi connectivity index (χ1n) is 15.1. The van der Waals surface area contributed by atoms with Gasteiger partial charge >= 0.3 is 0 Å². The number of phenolic OH excluding ortho intramolecular Hbond substituents is 1. The minimum absolute atomic E-state index is 0.134. The molecule has 5 heteroatoms. The molecule has 5 nitrogen and oxygen atoms in total. The molecule has 186 valence electrons. The van der Waals surface area contributed by atoms with E-state index in [1.165, 1.54) is 0 Å². The van der Waals surface area contributed by atoms with Crippen molar-refractivity contribution in [2.75, 3.05) is 20.2 Å². The monoisotopic (exact) mass is 471 g/mol. The van der Waals surface area contributed by atoms with E-state index in [1.807, 2.05) is 17.9 Å². The predicted molar refractivity (Wildman–Crippen MR) is 130 cm³/mol. The Morgan fingerprint density at radius 1 is 1.26 bits per heavy atom. The summed E-state index contributed by atoms with van der Waals surface area (Å²) in [6, 6.07) is 3.50. The fourth-order valence-electron chi connectivity index (χ4n) is 9.14. The van der Waals surface area contributed by atoms with Crippen LogP contribution in [0.3, 0.4) is 0 Å². The van der Waals surface area contributed by atoms with Crippen LogP contribution in [0.2, 0.25) is 0 Å². The molecule has 8 unspecified atom stereocenters. The predicted octanol–water partition coefficient (Wildman–Crippen LogP) is 4.41. The van der Waals surface area contributed by atoms with Gasteiger partial charge in [0.15, 0.2) is 11.5 Å². The molecule has 4 saturated carbocycles. The molecule has 1 aromatic rings. The summed E-state index contributed by atoms with van der Waals surface area (Å²) in [6.07, 6.45) is 1.83. The molecule has 2 spiro atoms. The number of piperidine rings is 1. The summed E-state index contributed by atoms with van der Waals surface area (Å²) in [7, 11) is 1.73. The van der Waals surface area contributed by atoms with Crippen molar-refractivity contribution in [3.63, 3.8) is 0 Å². The van der Waals surface area contributed by atoms with Gasteiger partial charge in [-0.25, -0.2) is 0 Å². The maximum Gasteiger partial charge on any atom is 0.165 e. The largest absolute Gasteiger partial charge is 0.504 e. The molecular formula is C29H41NO4. The Bertz CT molecular complexity index is 1230. The van der Waals surface area contributed by atoms with Gasteiger partial charge in [-0.3, -0.25) is 4.90 Å². The van der Waals surface area contributed by atoms with E-state index in [1.54, 1.807) is 13.2 Å². The molecule has 1 aromatic carbocycles. The van der Waals surface area contributed by atoms with Gasteiger partial charge < -0.3 is 19.7 Å². The lowest BCUT2D eigenvalue weighted by atomic mass is 9.33. The second-order valence-electron chi connectivity index (χ2n) is 13.1. The first kappa shape index (κ1) is 18.0. The highest BCUT2D eigenvalue weighted by molar-refractivity contribution is 5.63. The molecule has 2 N–H and O–H groups in total. The summed E-state index contributed by atoms with van der Waals surface area (Å²) in [5.41, 5.74) is -0.956. The number of rotatable bonds is 4. The van der Waals surface area contributed by atoms with E-state index >= 15 is 0 Å². The van der Waals surface area contributed by atoms with Crippen molar-refractivity contribution in [2.45, 2.75) is 101 Å². The Morgan fingerprint density at radius 2 is 2.03 bits per heavy atom. The van der Waals surface area contributed by atoms with Crippen molar-refractivity contribution >= 4 is 0 Å². The second kappa shape index (κ2) is 6.33. The SMILES string of the molecule is [2H]C1([2H])CC1C([2H])([2H])N1CCC23c4c5ccc(O)c4OC2C2(OC)CCC3(CC2C(C)(O)C(C)(C)C)C1C5. The van der Waals surface area contributed by atoms with Gasteiger partial charge in [-0.2, -0.15) is 0 Å². The highest BCUT2D eigenvalue weighted by atomic mass is 16.6. The van der Waals surface area contributed by atoms with E-state index in [4.69, 9.17) is 12.2 Å². The molecule has 5 aliphatic carbocycles. The van der Waals surface area contributed by atoms with E-state index in [0.717, 1.165) is 17.5 Å². The molecule has 0 radical (unpaired) electrons. The number of nitrogens with zero attached hydrogens (tertiary/aromatic N) is 1. The first-order valence-corrected chi connectivity index (χ1v) is 13.1. The van der Waals surface area contributed by atoms with Gasteiger partial charge in [0.1, 0.15) is 11.7 Å². The normalized spacial score (nSPS) is 49.1. The lowest BCUT2D eigenvalue weighted by Gasteiger charge is -2.75. The van der Waals surface area contributed by atoms with Crippen molar-refractivity contribution in [1.82, 2.24) is 4.90 Å². The number of phenols is 1. The Balaban J connectivity index is 1.47. The smallest absolute Gasteiger partial charge is 0.165 e. The number of likely N-dealkylation sites (tertiary alicyclic amines) is 1. The lowest BCUT2D eigenvalue weighted by Crippen LogP contribution is -2.83. The Hall–Kier alpha value is -1.30. The molecule has 8 rings (SSSR count). The van der Waals surface area contributed by atoms with Crippen LogP contribution in [0, 0.1) is 22.7 Å². The summed E-state index contributed by atoms with van der Waals surface area (Å²) in [5, 5.41) is 23.2. The van der Waals surface area contributed by atoms with Gasteiger partial charge in [-0.05, 0) is 81.3 Å². The average molecular weight is 472 g/mol. The summed E-state index contributed by atoms with van der Waals surface area (Å²) in [4.78, 5) is 1.99. The molecule has 4 bridgehead atoms. The zero-order chi connectivity index (χ0) is 27.5. The van der Waals surface area contributed by atoms with Crippen LogP contribution in [0.4, 0.5) is 0 Å². The van der Waals surface area contributed by atoms with Gasteiger partial charge in [-0.15, -0.1) is 0 Å². The van der Waals surface area contributed by atoms with Crippen LogP contribution >= 0.6 is 0 Å². The number of hydrogen-bond donors (Lipinski definition) is 2. The van der Waals surface area contributed by atoms with Crippen LogP contribution < -0.4 is 4.74 Å². The highest BCUT2D eigenvalue weighted by Gasteiger charge is 2.82. The van der Waals surface area contributed by atoms with Crippen molar-refractivity contribution < 1.29 is 25.2 Å². The maximum atomic E-state index is 12.2. The van der Waals surface area contributed by atoms with Crippen LogP contribution in [0.15, 0.2) is 12.1 Å². The minimum Gasteiger partial charge on any atom is -0.504 e. The number of methoxy groups -OCH3 is 1. The zero-order valence-electron chi connectivity index (χ0n) is 25.1. The first-order chi connectivity index (χ1) is 17.5. The molecule has 2 heterocycles. The summed E-state index contributed by atoms with van der Waals surface area (Å²) < 4.78 is 48.3. The third-order valence-electron chi connectivity index (χ3n) is 11.3. The maximum absolute atomic E-state index is 12.2. The number of ether oxygens (including phenoxy) is 2. The molecule has 2 aliphatic heterocycles. The molecule has 5 fully saturated rings. The van der Waals surface area contributed by atoms with Gasteiger partial charge in [0.2, 0.25) is 0 Å². The molecule has 0 amide bonds. The number of aliphatic hydroxyl groups is 1. The quantitative estimate of drug-likeness (QED) is 0.681. The number of aromatic hydroxyl groups is 1. The average Bonchev–Trinajstić information content (AvgIpc) is 3.33. The van der Waals surface area contributed by atoms with E-state index in [-0.39, 0.29) is 24.1 Å². The summed E-state index contributed by atoms with van der Waals surface area (Å²) in [5.74, 6) is -0.225. The van der Waals surface area contributed by atoms with Gasteiger partial charge in [0.25, 0.3) is 0 Å².